The molecule has 18 heavy (non-hydrogen) atoms. The van der Waals surface area contributed by atoms with Crippen molar-refractivity contribution in [1.29, 1.82) is 0 Å². The van der Waals surface area contributed by atoms with Crippen LogP contribution < -0.4 is 5.32 Å². The molecular formula is C14H21NO2S. The monoisotopic (exact) mass is 267 g/mol. The Hall–Kier alpha value is -1.03. The first kappa shape index (κ1) is 13.4. The quantitative estimate of drug-likeness (QED) is 0.916. The van der Waals surface area contributed by atoms with Crippen LogP contribution >= 0.6 is 0 Å². The fraction of sp³-hybridized carbons (Fsp3) is 0.571. The van der Waals surface area contributed by atoms with Crippen molar-refractivity contribution in [3.63, 3.8) is 0 Å². The molecule has 3 nitrogen and oxygen atoms in total. The summed E-state index contributed by atoms with van der Waals surface area (Å²) in [5.41, 5.74) is 2.31. The molecule has 0 radical (unpaired) electrons. The minimum absolute atomic E-state index is 0.0613. The van der Waals surface area contributed by atoms with Crippen LogP contribution in [0.3, 0.4) is 0 Å². The summed E-state index contributed by atoms with van der Waals surface area (Å²) in [7, 11) is -2.84. The van der Waals surface area contributed by atoms with Crippen molar-refractivity contribution in [2.24, 2.45) is 0 Å². The molecule has 0 spiro atoms. The van der Waals surface area contributed by atoms with E-state index in [1.165, 1.54) is 5.56 Å². The lowest BCUT2D eigenvalue weighted by atomic mass is 10.0. The van der Waals surface area contributed by atoms with Crippen LogP contribution in [0.2, 0.25) is 0 Å². The third-order valence-electron chi connectivity index (χ3n) is 3.39. The largest absolute Gasteiger partial charge is 0.381 e. The normalized spacial score (nSPS) is 22.9. The van der Waals surface area contributed by atoms with Gasteiger partial charge in [-0.1, -0.05) is 26.0 Å². The van der Waals surface area contributed by atoms with E-state index in [9.17, 15) is 8.42 Å². The minimum atomic E-state index is -2.84. The third-order valence-corrected chi connectivity index (χ3v) is 5.21. The zero-order chi connectivity index (χ0) is 13.2. The van der Waals surface area contributed by atoms with Crippen LogP contribution in [0.4, 0.5) is 5.69 Å². The summed E-state index contributed by atoms with van der Waals surface area (Å²) in [6.45, 7) is 4.31. The maximum atomic E-state index is 11.6. The summed E-state index contributed by atoms with van der Waals surface area (Å²) in [6.07, 6.45) is 1.70. The molecule has 1 aliphatic rings. The highest BCUT2D eigenvalue weighted by Gasteiger charge is 2.24. The first-order chi connectivity index (χ1) is 8.46. The molecule has 1 atom stereocenters. The predicted molar refractivity (Wildman–Crippen MR) is 75.8 cm³/mol. The predicted octanol–water partition coefficient (Wildman–Crippen LogP) is 2.80. The molecule has 100 valence electrons. The van der Waals surface area contributed by atoms with Crippen LogP contribution in [0.5, 0.6) is 0 Å². The van der Waals surface area contributed by atoms with E-state index in [0.29, 0.717) is 11.7 Å². The van der Waals surface area contributed by atoms with E-state index < -0.39 is 9.84 Å². The Morgan fingerprint density at radius 3 is 2.78 bits per heavy atom. The van der Waals surface area contributed by atoms with Crippen molar-refractivity contribution in [2.75, 3.05) is 16.8 Å². The van der Waals surface area contributed by atoms with E-state index >= 15 is 0 Å². The number of hydrogen-bond acceptors (Lipinski definition) is 3. The van der Waals surface area contributed by atoms with Crippen LogP contribution in [-0.2, 0) is 9.84 Å². The average molecular weight is 267 g/mol. The topological polar surface area (TPSA) is 46.2 Å². The lowest BCUT2D eigenvalue weighted by Gasteiger charge is -2.24. The van der Waals surface area contributed by atoms with Gasteiger partial charge in [0.2, 0.25) is 0 Å². The highest BCUT2D eigenvalue weighted by Crippen LogP contribution is 2.21. The molecule has 1 unspecified atom stereocenters. The van der Waals surface area contributed by atoms with Crippen molar-refractivity contribution >= 4 is 15.5 Å². The second kappa shape index (κ2) is 5.31. The van der Waals surface area contributed by atoms with E-state index in [1.54, 1.807) is 0 Å². The van der Waals surface area contributed by atoms with Gasteiger partial charge < -0.3 is 5.32 Å². The summed E-state index contributed by atoms with van der Waals surface area (Å²) in [5, 5.41) is 3.35. The van der Waals surface area contributed by atoms with Gasteiger partial charge in [0.25, 0.3) is 0 Å². The Balaban J connectivity index is 2.07. The van der Waals surface area contributed by atoms with E-state index in [1.807, 2.05) is 12.1 Å². The van der Waals surface area contributed by atoms with E-state index in [4.69, 9.17) is 0 Å². The Bertz CT molecular complexity index is 508. The molecule has 2 rings (SSSR count). The van der Waals surface area contributed by atoms with Gasteiger partial charge in [0, 0.05) is 11.7 Å². The lowest BCUT2D eigenvalue weighted by Crippen LogP contribution is -2.34. The number of sulfone groups is 1. The molecule has 1 aromatic rings. The van der Waals surface area contributed by atoms with Crippen molar-refractivity contribution in [3.05, 3.63) is 29.8 Å². The maximum absolute atomic E-state index is 11.6. The van der Waals surface area contributed by atoms with Crippen LogP contribution in [0, 0.1) is 0 Å². The van der Waals surface area contributed by atoms with Gasteiger partial charge in [-0.15, -0.1) is 0 Å². The molecule has 1 saturated heterocycles. The van der Waals surface area contributed by atoms with Gasteiger partial charge >= 0.3 is 0 Å². The Kier molecular flexibility index (Phi) is 3.95. The highest BCUT2D eigenvalue weighted by molar-refractivity contribution is 7.91. The van der Waals surface area contributed by atoms with Gasteiger partial charge in [0.1, 0.15) is 0 Å². The molecule has 1 heterocycles. The van der Waals surface area contributed by atoms with Gasteiger partial charge in [-0.3, -0.25) is 0 Å². The Labute approximate surface area is 110 Å². The minimum Gasteiger partial charge on any atom is -0.381 e. The summed E-state index contributed by atoms with van der Waals surface area (Å²) >= 11 is 0. The molecule has 1 aliphatic heterocycles. The van der Waals surface area contributed by atoms with Crippen LogP contribution in [0.25, 0.3) is 0 Å². The second-order valence-electron chi connectivity index (χ2n) is 5.38. The van der Waals surface area contributed by atoms with Crippen LogP contribution in [0.1, 0.15) is 38.2 Å². The number of rotatable bonds is 3. The molecule has 1 N–H and O–H groups in total. The van der Waals surface area contributed by atoms with Gasteiger partial charge in [-0.25, -0.2) is 8.42 Å². The highest BCUT2D eigenvalue weighted by atomic mass is 32.2. The zero-order valence-electron chi connectivity index (χ0n) is 11.0. The van der Waals surface area contributed by atoms with E-state index in [0.717, 1.165) is 18.5 Å². The molecule has 1 aromatic carbocycles. The number of nitrogens with one attached hydrogen (secondary N) is 1. The number of hydrogen-bond donors (Lipinski definition) is 1. The molecule has 0 saturated carbocycles. The Morgan fingerprint density at radius 1 is 1.33 bits per heavy atom. The standard InChI is InChI=1S/C14H21NO2S/c1-11(2)12-5-3-6-13(9-12)15-14-7-4-8-18(16,17)10-14/h3,5-6,9,11,14-15H,4,7-8,10H2,1-2H3. The van der Waals surface area contributed by atoms with Crippen molar-refractivity contribution in [2.45, 2.75) is 38.6 Å². The Morgan fingerprint density at radius 2 is 2.11 bits per heavy atom. The van der Waals surface area contributed by atoms with Crippen molar-refractivity contribution in [3.8, 4) is 0 Å². The molecule has 0 bridgehead atoms. The van der Waals surface area contributed by atoms with E-state index in [2.05, 4.69) is 31.3 Å². The molecule has 0 aliphatic carbocycles. The average Bonchev–Trinajstić information content (AvgIpc) is 2.28. The number of benzene rings is 1. The second-order valence-corrected chi connectivity index (χ2v) is 7.61. The van der Waals surface area contributed by atoms with Gasteiger partial charge in [-0.05, 0) is 36.5 Å². The molecule has 0 amide bonds. The third kappa shape index (κ3) is 3.48. The fourth-order valence-corrected chi connectivity index (χ4v) is 4.00. The first-order valence-electron chi connectivity index (χ1n) is 6.53. The summed E-state index contributed by atoms with van der Waals surface area (Å²) in [4.78, 5) is 0. The van der Waals surface area contributed by atoms with Crippen molar-refractivity contribution < 1.29 is 8.42 Å². The fourth-order valence-electron chi connectivity index (χ4n) is 2.36. The van der Waals surface area contributed by atoms with E-state index in [-0.39, 0.29) is 11.8 Å². The molecule has 1 fully saturated rings. The van der Waals surface area contributed by atoms with Crippen LogP contribution in [-0.4, -0.2) is 26.0 Å². The SMILES string of the molecule is CC(C)c1cccc(NC2CCCS(=O)(=O)C2)c1. The number of anilines is 1. The lowest BCUT2D eigenvalue weighted by molar-refractivity contribution is 0.562. The van der Waals surface area contributed by atoms with Gasteiger partial charge in [0.05, 0.1) is 11.5 Å². The molecule has 4 heteroatoms. The van der Waals surface area contributed by atoms with Gasteiger partial charge in [-0.2, -0.15) is 0 Å². The van der Waals surface area contributed by atoms with Crippen LogP contribution in [0.15, 0.2) is 24.3 Å². The summed E-state index contributed by atoms with van der Waals surface area (Å²) in [5.74, 6) is 1.10. The summed E-state index contributed by atoms with van der Waals surface area (Å²) in [6, 6.07) is 8.31. The van der Waals surface area contributed by atoms with Crippen molar-refractivity contribution in [1.82, 2.24) is 0 Å². The zero-order valence-corrected chi connectivity index (χ0v) is 11.8. The molecular weight excluding hydrogens is 246 g/mol. The smallest absolute Gasteiger partial charge is 0.152 e. The summed E-state index contributed by atoms with van der Waals surface area (Å²) < 4.78 is 23.2. The first-order valence-corrected chi connectivity index (χ1v) is 8.35. The molecule has 0 aromatic heterocycles. The van der Waals surface area contributed by atoms with Gasteiger partial charge in [0.15, 0.2) is 9.84 Å². The maximum Gasteiger partial charge on any atom is 0.152 e.